The van der Waals surface area contributed by atoms with Crippen LogP contribution in [0, 0.1) is 5.82 Å². The molecule has 6 nitrogen and oxygen atoms in total. The number of pyridine rings is 1. The number of carbonyl (C=O) groups excluding carboxylic acids is 1. The molecule has 0 saturated heterocycles. The Balaban J connectivity index is 1.53. The number of likely N-dealkylation sites (N-methyl/N-ethyl adjacent to an activating group) is 1. The van der Waals surface area contributed by atoms with E-state index in [1.165, 1.54) is 6.07 Å². The van der Waals surface area contributed by atoms with Crippen LogP contribution in [0.4, 0.5) is 4.39 Å². The van der Waals surface area contributed by atoms with E-state index < -0.39 is 5.92 Å². The number of imidazole rings is 1. The molecular formula is C27H28FN3O3. The third-order valence-corrected chi connectivity index (χ3v) is 6.07. The van der Waals surface area contributed by atoms with E-state index in [-0.39, 0.29) is 18.1 Å². The summed E-state index contributed by atoms with van der Waals surface area (Å²) in [6.45, 7) is 0.519. The van der Waals surface area contributed by atoms with E-state index in [9.17, 15) is 9.18 Å². The molecule has 34 heavy (non-hydrogen) atoms. The maximum absolute atomic E-state index is 14.8. The standard InChI is InChI=1S/C27H28FN3O3/c1-30(15-13-19-11-12-24(33-2)25(16-19)34-3)27(32)17-21(20-8-4-5-9-22(20)28)23-18-29-26-10-6-7-14-31(23)26/h4-12,14,16,18,21H,13,15,17H2,1-3H3. The molecule has 1 unspecified atom stereocenters. The summed E-state index contributed by atoms with van der Waals surface area (Å²) in [7, 11) is 4.97. The van der Waals surface area contributed by atoms with Crippen LogP contribution in [-0.4, -0.2) is 48.0 Å². The molecule has 4 aromatic rings. The first kappa shape index (κ1) is 23.3. The minimum atomic E-state index is -0.463. The fourth-order valence-corrected chi connectivity index (χ4v) is 4.13. The van der Waals surface area contributed by atoms with Gasteiger partial charge < -0.3 is 18.8 Å². The second-order valence-electron chi connectivity index (χ2n) is 8.14. The van der Waals surface area contributed by atoms with E-state index in [2.05, 4.69) is 4.98 Å². The summed E-state index contributed by atoms with van der Waals surface area (Å²) >= 11 is 0. The summed E-state index contributed by atoms with van der Waals surface area (Å²) in [5.74, 6) is 0.450. The van der Waals surface area contributed by atoms with Crippen molar-refractivity contribution in [3.05, 3.63) is 95.7 Å². The van der Waals surface area contributed by atoms with Crippen LogP contribution in [0.15, 0.2) is 73.1 Å². The molecule has 0 bridgehead atoms. The number of benzene rings is 2. The summed E-state index contributed by atoms with van der Waals surface area (Å²) in [4.78, 5) is 19.4. The van der Waals surface area contributed by atoms with Crippen LogP contribution in [0.1, 0.15) is 29.2 Å². The first-order valence-electron chi connectivity index (χ1n) is 11.1. The van der Waals surface area contributed by atoms with Gasteiger partial charge in [-0.05, 0) is 47.9 Å². The Morgan fingerprint density at radius 1 is 1.06 bits per heavy atom. The van der Waals surface area contributed by atoms with Crippen LogP contribution < -0.4 is 9.47 Å². The number of hydrogen-bond donors (Lipinski definition) is 0. The molecule has 0 radical (unpaired) electrons. The molecule has 2 heterocycles. The molecule has 0 aliphatic rings. The second kappa shape index (κ2) is 10.4. The van der Waals surface area contributed by atoms with Gasteiger partial charge in [-0.1, -0.05) is 30.3 Å². The predicted octanol–water partition coefficient (Wildman–Crippen LogP) is 4.71. The minimum Gasteiger partial charge on any atom is -0.493 e. The topological polar surface area (TPSA) is 56.1 Å². The molecule has 0 N–H and O–H groups in total. The molecule has 0 aliphatic carbocycles. The van der Waals surface area contributed by atoms with Crippen LogP contribution in [-0.2, 0) is 11.2 Å². The van der Waals surface area contributed by atoms with Gasteiger partial charge in [0, 0.05) is 38.3 Å². The number of halogens is 1. The van der Waals surface area contributed by atoms with E-state index in [1.54, 1.807) is 50.6 Å². The second-order valence-corrected chi connectivity index (χ2v) is 8.14. The fourth-order valence-electron chi connectivity index (χ4n) is 4.13. The average Bonchev–Trinajstić information content (AvgIpc) is 3.30. The van der Waals surface area contributed by atoms with Gasteiger partial charge >= 0.3 is 0 Å². The van der Waals surface area contributed by atoms with Crippen molar-refractivity contribution >= 4 is 11.6 Å². The first-order valence-corrected chi connectivity index (χ1v) is 11.1. The molecule has 0 fully saturated rings. The molecule has 2 aromatic carbocycles. The maximum atomic E-state index is 14.8. The van der Waals surface area contributed by atoms with E-state index in [0.717, 1.165) is 16.9 Å². The lowest BCUT2D eigenvalue weighted by Crippen LogP contribution is -2.30. The highest BCUT2D eigenvalue weighted by atomic mass is 19.1. The zero-order valence-electron chi connectivity index (χ0n) is 19.6. The van der Waals surface area contributed by atoms with E-state index in [1.807, 2.05) is 47.0 Å². The average molecular weight is 462 g/mol. The number of aromatic nitrogens is 2. The molecule has 1 atom stereocenters. The number of rotatable bonds is 9. The molecule has 0 aliphatic heterocycles. The van der Waals surface area contributed by atoms with Gasteiger partial charge in [0.1, 0.15) is 11.5 Å². The van der Waals surface area contributed by atoms with Gasteiger partial charge in [0.05, 0.1) is 19.9 Å². The molecule has 1 amide bonds. The van der Waals surface area contributed by atoms with Gasteiger partial charge in [-0.3, -0.25) is 4.79 Å². The Labute approximate surface area is 198 Å². The molecule has 7 heteroatoms. The van der Waals surface area contributed by atoms with Crippen LogP contribution in [0.25, 0.3) is 5.65 Å². The SMILES string of the molecule is COc1ccc(CCN(C)C(=O)CC(c2ccccc2F)c2cnc3ccccn23)cc1OC. The van der Waals surface area contributed by atoms with Gasteiger partial charge in [-0.25, -0.2) is 9.37 Å². The summed E-state index contributed by atoms with van der Waals surface area (Å²) in [5.41, 5.74) is 3.05. The van der Waals surface area contributed by atoms with Gasteiger partial charge in [0.2, 0.25) is 5.91 Å². The number of fused-ring (bicyclic) bond motifs is 1. The Hall–Kier alpha value is -3.87. The first-order chi connectivity index (χ1) is 16.5. The maximum Gasteiger partial charge on any atom is 0.223 e. The molecular weight excluding hydrogens is 433 g/mol. The highest BCUT2D eigenvalue weighted by Gasteiger charge is 2.25. The molecule has 0 spiro atoms. The van der Waals surface area contributed by atoms with E-state index in [0.29, 0.717) is 30.0 Å². The minimum absolute atomic E-state index is 0.0698. The number of ether oxygens (including phenoxy) is 2. The monoisotopic (exact) mass is 461 g/mol. The van der Waals surface area contributed by atoms with Crippen molar-refractivity contribution in [2.75, 3.05) is 27.8 Å². The quantitative estimate of drug-likeness (QED) is 0.362. The summed E-state index contributed by atoms with van der Waals surface area (Å²) in [5, 5.41) is 0. The van der Waals surface area contributed by atoms with E-state index in [4.69, 9.17) is 9.47 Å². The van der Waals surface area contributed by atoms with Crippen molar-refractivity contribution in [2.45, 2.75) is 18.8 Å². The number of carbonyl (C=O) groups is 1. The molecule has 176 valence electrons. The normalized spacial score (nSPS) is 11.9. The summed E-state index contributed by atoms with van der Waals surface area (Å²) < 4.78 is 27.4. The Morgan fingerprint density at radius 2 is 1.82 bits per heavy atom. The van der Waals surface area contributed by atoms with Crippen molar-refractivity contribution in [2.24, 2.45) is 0 Å². The number of methoxy groups -OCH3 is 2. The Bertz CT molecular complexity index is 1290. The zero-order chi connectivity index (χ0) is 24.1. The van der Waals surface area contributed by atoms with Gasteiger partial charge in [-0.15, -0.1) is 0 Å². The highest BCUT2D eigenvalue weighted by Crippen LogP contribution is 2.31. The predicted molar refractivity (Wildman–Crippen MR) is 129 cm³/mol. The van der Waals surface area contributed by atoms with Gasteiger partial charge in [-0.2, -0.15) is 0 Å². The lowest BCUT2D eigenvalue weighted by atomic mass is 9.91. The van der Waals surface area contributed by atoms with Crippen LogP contribution >= 0.6 is 0 Å². The van der Waals surface area contributed by atoms with Crippen LogP contribution in [0.3, 0.4) is 0 Å². The third-order valence-electron chi connectivity index (χ3n) is 6.07. The fraction of sp³-hybridized carbons (Fsp3) is 0.259. The van der Waals surface area contributed by atoms with Crippen molar-refractivity contribution in [3.63, 3.8) is 0 Å². The lowest BCUT2D eigenvalue weighted by Gasteiger charge is -2.22. The van der Waals surface area contributed by atoms with Gasteiger partial charge in [0.15, 0.2) is 11.5 Å². The largest absolute Gasteiger partial charge is 0.493 e. The highest BCUT2D eigenvalue weighted by molar-refractivity contribution is 5.77. The van der Waals surface area contributed by atoms with E-state index >= 15 is 0 Å². The summed E-state index contributed by atoms with van der Waals surface area (Å²) in [6, 6.07) is 18.0. The Kier molecular flexibility index (Phi) is 7.11. The van der Waals surface area contributed by atoms with Gasteiger partial charge in [0.25, 0.3) is 0 Å². The summed E-state index contributed by atoms with van der Waals surface area (Å²) in [6.07, 6.45) is 4.40. The number of nitrogens with zero attached hydrogens (tertiary/aromatic N) is 3. The van der Waals surface area contributed by atoms with Crippen molar-refractivity contribution in [1.82, 2.24) is 14.3 Å². The zero-order valence-corrected chi connectivity index (χ0v) is 19.6. The van der Waals surface area contributed by atoms with Crippen LogP contribution in [0.5, 0.6) is 11.5 Å². The molecule has 2 aromatic heterocycles. The number of amides is 1. The van der Waals surface area contributed by atoms with Crippen molar-refractivity contribution in [3.8, 4) is 11.5 Å². The molecule has 4 rings (SSSR count). The Morgan fingerprint density at radius 3 is 2.59 bits per heavy atom. The molecule has 0 saturated carbocycles. The number of hydrogen-bond acceptors (Lipinski definition) is 4. The van der Waals surface area contributed by atoms with Crippen molar-refractivity contribution in [1.29, 1.82) is 0 Å². The lowest BCUT2D eigenvalue weighted by molar-refractivity contribution is -0.130. The van der Waals surface area contributed by atoms with Crippen LogP contribution in [0.2, 0.25) is 0 Å². The smallest absolute Gasteiger partial charge is 0.223 e. The van der Waals surface area contributed by atoms with Crippen molar-refractivity contribution < 1.29 is 18.7 Å². The third kappa shape index (κ3) is 4.88.